The van der Waals surface area contributed by atoms with Crippen LogP contribution < -0.4 is 10.6 Å². The third-order valence-electron chi connectivity index (χ3n) is 4.07. The van der Waals surface area contributed by atoms with Crippen molar-refractivity contribution in [1.82, 2.24) is 10.6 Å². The summed E-state index contributed by atoms with van der Waals surface area (Å²) in [7, 11) is 0. The first-order valence-corrected chi connectivity index (χ1v) is 9.11. The van der Waals surface area contributed by atoms with Gasteiger partial charge in [0.2, 0.25) is 5.91 Å². The Hall–Kier alpha value is -0.710. The maximum atomic E-state index is 12.3. The summed E-state index contributed by atoms with van der Waals surface area (Å²) >= 11 is 7.87. The van der Waals surface area contributed by atoms with Crippen LogP contribution in [0.4, 0.5) is 0 Å². The summed E-state index contributed by atoms with van der Waals surface area (Å²) in [4.78, 5) is 12.3. The van der Waals surface area contributed by atoms with Crippen molar-refractivity contribution in [2.75, 3.05) is 18.1 Å². The van der Waals surface area contributed by atoms with E-state index >= 15 is 0 Å². The molecule has 2 atom stereocenters. The van der Waals surface area contributed by atoms with Crippen molar-refractivity contribution in [3.8, 4) is 0 Å². The molecule has 3 rings (SSSR count). The minimum Gasteiger partial charge on any atom is -0.349 e. The van der Waals surface area contributed by atoms with Crippen LogP contribution in [0.15, 0.2) is 24.3 Å². The Morgan fingerprint density at radius 3 is 2.76 bits per heavy atom. The third kappa shape index (κ3) is 4.38. The van der Waals surface area contributed by atoms with Gasteiger partial charge >= 0.3 is 0 Å². The number of rotatable bonds is 5. The predicted octanol–water partition coefficient (Wildman–Crippen LogP) is 3.00. The Balaban J connectivity index is 1.59. The van der Waals surface area contributed by atoms with Gasteiger partial charge in [-0.2, -0.15) is 11.8 Å². The minimum absolute atomic E-state index is 0.144. The van der Waals surface area contributed by atoms with Crippen LogP contribution in [0.1, 0.15) is 30.9 Å². The Kier molecular flexibility index (Phi) is 5.09. The van der Waals surface area contributed by atoms with Crippen LogP contribution in [0.5, 0.6) is 0 Å². The number of benzene rings is 1. The quantitative estimate of drug-likeness (QED) is 0.875. The molecule has 1 saturated heterocycles. The van der Waals surface area contributed by atoms with E-state index in [1.807, 2.05) is 36.0 Å². The molecule has 2 unspecified atom stereocenters. The van der Waals surface area contributed by atoms with Gasteiger partial charge in [0.1, 0.15) is 0 Å². The van der Waals surface area contributed by atoms with Gasteiger partial charge in [-0.15, -0.1) is 0 Å². The molecule has 2 aliphatic rings. The van der Waals surface area contributed by atoms with Gasteiger partial charge in [0, 0.05) is 35.5 Å². The summed E-state index contributed by atoms with van der Waals surface area (Å²) < 4.78 is 0. The molecular weight excluding hydrogens is 304 g/mol. The zero-order valence-corrected chi connectivity index (χ0v) is 13.6. The van der Waals surface area contributed by atoms with Gasteiger partial charge < -0.3 is 10.6 Å². The molecule has 2 fully saturated rings. The number of amides is 1. The molecule has 21 heavy (non-hydrogen) atoms. The molecule has 2 N–H and O–H groups in total. The monoisotopic (exact) mass is 324 g/mol. The molecule has 5 heteroatoms. The summed E-state index contributed by atoms with van der Waals surface area (Å²) in [5.41, 5.74) is 1.17. The lowest BCUT2D eigenvalue weighted by atomic mass is 10.0. The Bertz CT molecular complexity index is 484. The van der Waals surface area contributed by atoms with Crippen LogP contribution >= 0.6 is 23.4 Å². The van der Waals surface area contributed by atoms with Crippen LogP contribution in [0.25, 0.3) is 0 Å². The first-order chi connectivity index (χ1) is 10.2. The van der Waals surface area contributed by atoms with Gasteiger partial charge in [-0.1, -0.05) is 23.7 Å². The highest BCUT2D eigenvalue weighted by molar-refractivity contribution is 7.99. The average Bonchev–Trinajstić information content (AvgIpc) is 3.31. The zero-order valence-electron chi connectivity index (χ0n) is 12.0. The maximum absolute atomic E-state index is 12.3. The molecular formula is C16H21ClN2OS. The van der Waals surface area contributed by atoms with Crippen molar-refractivity contribution in [3.05, 3.63) is 34.9 Å². The molecule has 0 spiro atoms. The molecule has 114 valence electrons. The Morgan fingerprint density at radius 1 is 1.38 bits per heavy atom. The van der Waals surface area contributed by atoms with E-state index in [0.717, 1.165) is 23.1 Å². The molecule has 0 radical (unpaired) electrons. The highest BCUT2D eigenvalue weighted by Crippen LogP contribution is 2.41. The van der Waals surface area contributed by atoms with E-state index in [1.54, 1.807) is 0 Å². The molecule has 1 heterocycles. The number of nitrogens with one attached hydrogen (secondary N) is 2. The first kappa shape index (κ1) is 15.2. The second-order valence-electron chi connectivity index (χ2n) is 5.86. The van der Waals surface area contributed by atoms with Crippen LogP contribution in [0, 0.1) is 5.92 Å². The van der Waals surface area contributed by atoms with Crippen molar-refractivity contribution in [2.24, 2.45) is 5.92 Å². The summed E-state index contributed by atoms with van der Waals surface area (Å²) in [6.45, 7) is 1.01. The molecule has 1 aromatic carbocycles. The summed E-state index contributed by atoms with van der Waals surface area (Å²) in [6.07, 6.45) is 2.97. The largest absolute Gasteiger partial charge is 0.349 e. The Morgan fingerprint density at radius 2 is 2.14 bits per heavy atom. The summed E-state index contributed by atoms with van der Waals surface area (Å²) in [5, 5.41) is 7.39. The molecule has 1 aliphatic carbocycles. The molecule has 0 aromatic heterocycles. The predicted molar refractivity (Wildman–Crippen MR) is 88.8 cm³/mol. The topological polar surface area (TPSA) is 41.1 Å². The molecule has 0 bridgehead atoms. The van der Waals surface area contributed by atoms with Crippen molar-refractivity contribution in [1.29, 1.82) is 0 Å². The van der Waals surface area contributed by atoms with Gasteiger partial charge in [-0.05, 0) is 36.5 Å². The van der Waals surface area contributed by atoms with Crippen molar-refractivity contribution >= 4 is 29.3 Å². The van der Waals surface area contributed by atoms with Gasteiger partial charge in [0.25, 0.3) is 0 Å². The second-order valence-corrected chi connectivity index (χ2v) is 7.45. The van der Waals surface area contributed by atoms with Crippen LogP contribution in [0.2, 0.25) is 5.02 Å². The van der Waals surface area contributed by atoms with Gasteiger partial charge in [-0.25, -0.2) is 0 Å². The van der Waals surface area contributed by atoms with Crippen molar-refractivity contribution in [3.63, 3.8) is 0 Å². The fraction of sp³-hybridized carbons (Fsp3) is 0.562. The lowest BCUT2D eigenvalue weighted by Gasteiger charge is -2.24. The third-order valence-corrected chi connectivity index (χ3v) is 5.45. The lowest BCUT2D eigenvalue weighted by Crippen LogP contribution is -2.42. The number of carbonyl (C=O) groups is 1. The molecule has 1 saturated carbocycles. The highest BCUT2D eigenvalue weighted by Gasteiger charge is 2.33. The average molecular weight is 325 g/mol. The van der Waals surface area contributed by atoms with E-state index in [9.17, 15) is 4.79 Å². The molecule has 1 aliphatic heterocycles. The van der Waals surface area contributed by atoms with Gasteiger partial charge in [0.15, 0.2) is 0 Å². The van der Waals surface area contributed by atoms with E-state index < -0.39 is 0 Å². The minimum atomic E-state index is 0.144. The first-order valence-electron chi connectivity index (χ1n) is 7.58. The normalized spacial score (nSPS) is 23.6. The Labute approximate surface area is 135 Å². The zero-order chi connectivity index (χ0) is 14.7. The molecule has 1 amide bonds. The van der Waals surface area contributed by atoms with Gasteiger partial charge in [-0.3, -0.25) is 4.79 Å². The van der Waals surface area contributed by atoms with Crippen LogP contribution in [-0.2, 0) is 4.79 Å². The van der Waals surface area contributed by atoms with E-state index in [4.69, 9.17) is 11.6 Å². The highest BCUT2D eigenvalue weighted by atomic mass is 35.5. The molecule has 1 aromatic rings. The summed E-state index contributed by atoms with van der Waals surface area (Å²) in [5.74, 6) is 2.92. The fourth-order valence-electron chi connectivity index (χ4n) is 2.78. The second kappa shape index (κ2) is 7.03. The van der Waals surface area contributed by atoms with Crippen LogP contribution in [-0.4, -0.2) is 30.0 Å². The van der Waals surface area contributed by atoms with E-state index in [-0.39, 0.29) is 11.9 Å². The SMILES string of the molecule is O=C(CC1CSCCN1)NC(c1ccc(Cl)cc1)C1CC1. The van der Waals surface area contributed by atoms with Crippen molar-refractivity contribution in [2.45, 2.75) is 31.3 Å². The fourth-order valence-corrected chi connectivity index (χ4v) is 3.86. The molecule has 3 nitrogen and oxygen atoms in total. The summed E-state index contributed by atoms with van der Waals surface area (Å²) in [6, 6.07) is 8.32. The van der Waals surface area contributed by atoms with Gasteiger partial charge in [0.05, 0.1) is 6.04 Å². The lowest BCUT2D eigenvalue weighted by molar-refractivity contribution is -0.122. The van der Waals surface area contributed by atoms with E-state index in [2.05, 4.69) is 10.6 Å². The van der Waals surface area contributed by atoms with E-state index in [1.165, 1.54) is 18.4 Å². The number of halogens is 1. The standard InChI is InChI=1S/C16H21ClN2OS/c17-13-5-3-12(4-6-13)16(11-1-2-11)19-15(20)9-14-10-21-8-7-18-14/h3-6,11,14,16,18H,1-2,7-10H2,(H,19,20). The number of hydrogen-bond donors (Lipinski definition) is 2. The number of hydrogen-bond acceptors (Lipinski definition) is 3. The maximum Gasteiger partial charge on any atom is 0.222 e. The smallest absolute Gasteiger partial charge is 0.222 e. The van der Waals surface area contributed by atoms with Crippen molar-refractivity contribution < 1.29 is 4.79 Å². The van der Waals surface area contributed by atoms with E-state index in [0.29, 0.717) is 18.4 Å². The number of carbonyl (C=O) groups excluding carboxylic acids is 1. The number of thioether (sulfide) groups is 1. The van der Waals surface area contributed by atoms with Crippen LogP contribution in [0.3, 0.4) is 0 Å².